The Labute approximate surface area is 173 Å². The fourth-order valence-corrected chi connectivity index (χ4v) is 2.79. The van der Waals surface area contributed by atoms with Crippen LogP contribution in [0.25, 0.3) is 11.3 Å². The molecule has 8 nitrogen and oxygen atoms in total. The number of halogens is 1. The second-order valence-electron chi connectivity index (χ2n) is 6.95. The number of urea groups is 1. The van der Waals surface area contributed by atoms with Gasteiger partial charge in [0.1, 0.15) is 12.4 Å². The number of amides is 2. The molecule has 0 aliphatic carbocycles. The van der Waals surface area contributed by atoms with Crippen LogP contribution < -0.4 is 15.4 Å². The first-order chi connectivity index (χ1) is 14.3. The van der Waals surface area contributed by atoms with Gasteiger partial charge in [-0.3, -0.25) is 4.68 Å². The Bertz CT molecular complexity index is 1040. The number of aromatic hydroxyl groups is 1. The Balaban J connectivity index is 1.78. The predicted molar refractivity (Wildman–Crippen MR) is 113 cm³/mol. The van der Waals surface area contributed by atoms with Crippen molar-refractivity contribution in [3.05, 3.63) is 54.5 Å². The highest BCUT2D eigenvalue weighted by atomic mass is 19.1. The summed E-state index contributed by atoms with van der Waals surface area (Å²) in [6, 6.07) is 10.2. The van der Waals surface area contributed by atoms with Gasteiger partial charge in [-0.1, -0.05) is 0 Å². The fourth-order valence-electron chi connectivity index (χ4n) is 2.79. The zero-order chi connectivity index (χ0) is 21.7. The van der Waals surface area contributed by atoms with Crippen LogP contribution in [0.3, 0.4) is 0 Å². The summed E-state index contributed by atoms with van der Waals surface area (Å²) in [7, 11) is 5.77. The summed E-state index contributed by atoms with van der Waals surface area (Å²) in [5.74, 6) is -0.619. The topological polar surface area (TPSA) is 91.7 Å². The van der Waals surface area contributed by atoms with Crippen molar-refractivity contribution in [2.45, 2.75) is 0 Å². The lowest BCUT2D eigenvalue weighted by molar-refractivity contribution is 0.261. The van der Waals surface area contributed by atoms with E-state index >= 15 is 0 Å². The third-order valence-corrected chi connectivity index (χ3v) is 4.33. The van der Waals surface area contributed by atoms with E-state index in [9.17, 15) is 14.3 Å². The van der Waals surface area contributed by atoms with Crippen molar-refractivity contribution in [2.24, 2.45) is 7.05 Å². The van der Waals surface area contributed by atoms with Gasteiger partial charge in [0.2, 0.25) is 0 Å². The molecule has 0 saturated heterocycles. The van der Waals surface area contributed by atoms with Crippen LogP contribution in [0, 0.1) is 5.82 Å². The molecular formula is C21H24FN5O3. The number of anilines is 2. The molecule has 0 spiro atoms. The normalized spacial score (nSPS) is 10.8. The molecule has 3 aromatic rings. The van der Waals surface area contributed by atoms with Gasteiger partial charge in [-0.2, -0.15) is 5.10 Å². The summed E-state index contributed by atoms with van der Waals surface area (Å²) in [4.78, 5) is 14.3. The van der Waals surface area contributed by atoms with Gasteiger partial charge in [-0.05, 0) is 50.5 Å². The summed E-state index contributed by atoms with van der Waals surface area (Å²) in [6.07, 6.45) is 1.69. The number of hydrogen-bond donors (Lipinski definition) is 3. The fraction of sp³-hybridized carbons (Fsp3) is 0.238. The number of carbonyl (C=O) groups excluding carboxylic acids is 1. The molecule has 2 aromatic carbocycles. The summed E-state index contributed by atoms with van der Waals surface area (Å²) < 4.78 is 20.8. The van der Waals surface area contributed by atoms with Crippen LogP contribution in [-0.2, 0) is 7.05 Å². The molecule has 0 unspecified atom stereocenters. The minimum atomic E-state index is -0.758. The number of hydrogen-bond acceptors (Lipinski definition) is 5. The lowest BCUT2D eigenvalue weighted by atomic mass is 10.1. The molecule has 9 heteroatoms. The molecule has 0 aliphatic heterocycles. The van der Waals surface area contributed by atoms with E-state index in [1.165, 1.54) is 6.07 Å². The number of phenolic OH excluding ortho intramolecular Hbond substituents is 1. The third-order valence-electron chi connectivity index (χ3n) is 4.33. The largest absolute Gasteiger partial charge is 0.505 e. The van der Waals surface area contributed by atoms with E-state index in [1.54, 1.807) is 29.1 Å². The highest BCUT2D eigenvalue weighted by Gasteiger charge is 2.13. The summed E-state index contributed by atoms with van der Waals surface area (Å²) >= 11 is 0. The first-order valence-electron chi connectivity index (χ1n) is 9.30. The van der Waals surface area contributed by atoms with E-state index in [0.29, 0.717) is 18.0 Å². The molecule has 0 aliphatic rings. The lowest BCUT2D eigenvalue weighted by Gasteiger charge is -2.16. The van der Waals surface area contributed by atoms with E-state index in [0.717, 1.165) is 29.9 Å². The monoisotopic (exact) mass is 413 g/mol. The quantitative estimate of drug-likeness (QED) is 0.551. The van der Waals surface area contributed by atoms with Crippen molar-refractivity contribution < 1.29 is 19.0 Å². The maximum atomic E-state index is 13.2. The maximum Gasteiger partial charge on any atom is 0.323 e. The van der Waals surface area contributed by atoms with Gasteiger partial charge in [-0.25, -0.2) is 9.18 Å². The zero-order valence-corrected chi connectivity index (χ0v) is 17.0. The van der Waals surface area contributed by atoms with Crippen molar-refractivity contribution in [1.82, 2.24) is 14.7 Å². The molecule has 0 fully saturated rings. The Hall–Kier alpha value is -3.59. The summed E-state index contributed by atoms with van der Waals surface area (Å²) in [5.41, 5.74) is 2.42. The molecule has 0 bridgehead atoms. The van der Waals surface area contributed by atoms with Gasteiger partial charge in [0.25, 0.3) is 0 Å². The minimum Gasteiger partial charge on any atom is -0.505 e. The van der Waals surface area contributed by atoms with Gasteiger partial charge in [-0.15, -0.1) is 0 Å². The smallest absolute Gasteiger partial charge is 0.323 e. The lowest BCUT2D eigenvalue weighted by Crippen LogP contribution is -2.20. The van der Waals surface area contributed by atoms with Crippen molar-refractivity contribution in [3.63, 3.8) is 0 Å². The first-order valence-corrected chi connectivity index (χ1v) is 9.30. The van der Waals surface area contributed by atoms with Crippen LogP contribution in [-0.4, -0.2) is 53.1 Å². The Kier molecular flexibility index (Phi) is 6.53. The van der Waals surface area contributed by atoms with Crippen molar-refractivity contribution in [3.8, 4) is 22.8 Å². The molecule has 0 radical (unpaired) electrons. The van der Waals surface area contributed by atoms with E-state index in [2.05, 4.69) is 15.7 Å². The van der Waals surface area contributed by atoms with Gasteiger partial charge < -0.3 is 25.4 Å². The summed E-state index contributed by atoms with van der Waals surface area (Å²) in [6.45, 7) is 1.27. The van der Waals surface area contributed by atoms with Gasteiger partial charge >= 0.3 is 6.03 Å². The van der Waals surface area contributed by atoms with Gasteiger partial charge in [0.05, 0.1) is 5.69 Å². The van der Waals surface area contributed by atoms with Gasteiger partial charge in [0, 0.05) is 42.8 Å². The Morgan fingerprint density at radius 2 is 1.87 bits per heavy atom. The number of phenols is 1. The number of aromatic nitrogens is 2. The number of benzene rings is 2. The number of nitrogens with one attached hydrogen (secondary N) is 2. The minimum absolute atomic E-state index is 0.266. The van der Waals surface area contributed by atoms with E-state index in [1.807, 2.05) is 32.1 Å². The second-order valence-corrected chi connectivity index (χ2v) is 6.95. The first kappa shape index (κ1) is 21.1. The number of aryl methyl sites for hydroxylation is 1. The zero-order valence-electron chi connectivity index (χ0n) is 17.0. The molecule has 1 aromatic heterocycles. The molecule has 30 heavy (non-hydrogen) atoms. The van der Waals surface area contributed by atoms with E-state index < -0.39 is 17.6 Å². The third kappa shape index (κ3) is 5.26. The second kappa shape index (κ2) is 9.27. The molecule has 0 atom stereocenters. The molecule has 2 amide bonds. The average molecular weight is 413 g/mol. The Morgan fingerprint density at radius 3 is 2.50 bits per heavy atom. The highest BCUT2D eigenvalue weighted by Crippen LogP contribution is 2.32. The van der Waals surface area contributed by atoms with Crippen molar-refractivity contribution >= 4 is 17.4 Å². The van der Waals surface area contributed by atoms with Crippen LogP contribution >= 0.6 is 0 Å². The summed E-state index contributed by atoms with van der Waals surface area (Å²) in [5, 5.41) is 18.9. The predicted octanol–water partition coefficient (Wildman–Crippen LogP) is 3.52. The SMILES string of the molecule is CN(C)CCOc1ccc(NC(=O)Nc2ccc(F)c(O)c2)cc1-c1ccnn1C. The van der Waals surface area contributed by atoms with Crippen LogP contribution in [0.15, 0.2) is 48.7 Å². The molecule has 1 heterocycles. The van der Waals surface area contributed by atoms with Crippen molar-refractivity contribution in [2.75, 3.05) is 37.9 Å². The van der Waals surface area contributed by atoms with Gasteiger partial charge in [0.15, 0.2) is 11.6 Å². The number of likely N-dealkylation sites (N-methyl/N-ethyl adjacent to an activating group) is 1. The molecule has 3 N–H and O–H groups in total. The molecular weight excluding hydrogens is 389 g/mol. The highest BCUT2D eigenvalue weighted by molar-refractivity contribution is 6.00. The number of rotatable bonds is 7. The number of ether oxygens (including phenoxy) is 1. The van der Waals surface area contributed by atoms with E-state index in [4.69, 9.17) is 4.74 Å². The molecule has 3 rings (SSSR count). The van der Waals surface area contributed by atoms with Crippen LogP contribution in [0.4, 0.5) is 20.6 Å². The van der Waals surface area contributed by atoms with Crippen LogP contribution in [0.2, 0.25) is 0 Å². The number of nitrogens with zero attached hydrogens (tertiary/aromatic N) is 3. The standard InChI is InChI=1S/C21H24FN5O3/c1-26(2)10-11-30-20-7-5-14(12-16(20)18-8-9-23-27(18)3)24-21(29)25-15-4-6-17(22)19(28)13-15/h4-9,12-13,28H,10-11H2,1-3H3,(H2,24,25,29). The Morgan fingerprint density at radius 1 is 1.17 bits per heavy atom. The average Bonchev–Trinajstić information content (AvgIpc) is 3.11. The van der Waals surface area contributed by atoms with E-state index in [-0.39, 0.29) is 5.69 Å². The van der Waals surface area contributed by atoms with Crippen molar-refractivity contribution in [1.29, 1.82) is 0 Å². The van der Waals surface area contributed by atoms with Crippen LogP contribution in [0.5, 0.6) is 11.5 Å². The maximum absolute atomic E-state index is 13.2. The number of carbonyl (C=O) groups is 1. The molecule has 0 saturated carbocycles. The molecule has 158 valence electrons. The van der Waals surface area contributed by atoms with Crippen LogP contribution in [0.1, 0.15) is 0 Å².